The molecule has 3 fully saturated rings. The Bertz CT molecular complexity index is 716. The van der Waals surface area contributed by atoms with E-state index in [0.717, 1.165) is 71.1 Å². The van der Waals surface area contributed by atoms with Crippen molar-refractivity contribution in [1.82, 2.24) is 20.0 Å². The van der Waals surface area contributed by atoms with E-state index in [0.29, 0.717) is 18.2 Å². The van der Waals surface area contributed by atoms with Gasteiger partial charge in [0.1, 0.15) is 0 Å². The second-order valence-corrected chi connectivity index (χ2v) is 8.82. The maximum absolute atomic E-state index is 12.5. The van der Waals surface area contributed by atoms with Crippen molar-refractivity contribution in [3.8, 4) is 6.07 Å². The minimum atomic E-state index is 0.190. The van der Waals surface area contributed by atoms with Crippen molar-refractivity contribution in [2.75, 3.05) is 45.8 Å². The molecule has 1 N–H and O–H groups in total. The number of hydrogen-bond donors (Lipinski definition) is 1. The second kappa shape index (κ2) is 9.71. The molecule has 0 spiro atoms. The smallest absolute Gasteiger partial charge is 0.234 e. The summed E-state index contributed by atoms with van der Waals surface area (Å²) in [4.78, 5) is 19.9. The number of rotatable bonds is 6. The van der Waals surface area contributed by atoms with Gasteiger partial charge in [0.25, 0.3) is 0 Å². The van der Waals surface area contributed by atoms with Crippen molar-refractivity contribution >= 4 is 5.91 Å². The van der Waals surface area contributed by atoms with Gasteiger partial charge in [-0.15, -0.1) is 0 Å². The topological polar surface area (TPSA) is 62.6 Å². The molecular weight excluding hydrogens is 362 g/mol. The molecule has 4 rings (SSSR count). The van der Waals surface area contributed by atoms with Gasteiger partial charge in [-0.1, -0.05) is 12.1 Å². The summed E-state index contributed by atoms with van der Waals surface area (Å²) in [6.45, 7) is 7.66. The third kappa shape index (κ3) is 6.02. The molecule has 1 saturated carbocycles. The van der Waals surface area contributed by atoms with Crippen LogP contribution in [0, 0.1) is 11.3 Å². The van der Waals surface area contributed by atoms with Crippen LogP contribution in [0.15, 0.2) is 24.3 Å². The maximum atomic E-state index is 12.5. The molecule has 1 aromatic rings. The number of likely N-dealkylation sites (tertiary alicyclic amines) is 1. The number of nitrogens with zero attached hydrogens (tertiary/aromatic N) is 4. The Morgan fingerprint density at radius 3 is 2.34 bits per heavy atom. The van der Waals surface area contributed by atoms with E-state index >= 15 is 0 Å². The average Bonchev–Trinajstić information content (AvgIpc) is 3.58. The zero-order valence-electron chi connectivity index (χ0n) is 17.4. The number of benzene rings is 1. The van der Waals surface area contributed by atoms with E-state index in [2.05, 4.69) is 26.1 Å². The summed E-state index contributed by atoms with van der Waals surface area (Å²) in [6.07, 6.45) is 6.02. The van der Waals surface area contributed by atoms with E-state index in [1.165, 1.54) is 18.4 Å². The highest BCUT2D eigenvalue weighted by atomic mass is 16.2. The van der Waals surface area contributed by atoms with Crippen molar-refractivity contribution in [1.29, 1.82) is 5.26 Å². The molecule has 2 aliphatic heterocycles. The van der Waals surface area contributed by atoms with E-state index in [4.69, 9.17) is 5.26 Å². The Hall–Kier alpha value is -1.94. The molecule has 1 amide bonds. The summed E-state index contributed by atoms with van der Waals surface area (Å²) in [6, 6.07) is 11.2. The number of amides is 1. The first-order valence-corrected chi connectivity index (χ1v) is 11.2. The van der Waals surface area contributed by atoms with Crippen LogP contribution in [0.3, 0.4) is 0 Å². The molecule has 0 atom stereocenters. The Labute approximate surface area is 174 Å². The molecule has 2 heterocycles. The highest BCUT2D eigenvalue weighted by Gasteiger charge is 2.32. The van der Waals surface area contributed by atoms with Gasteiger partial charge in [-0.2, -0.15) is 5.26 Å². The normalized spacial score (nSPS) is 22.7. The fourth-order valence-corrected chi connectivity index (χ4v) is 4.61. The van der Waals surface area contributed by atoms with Crippen LogP contribution in [0.1, 0.15) is 43.2 Å². The molecule has 0 radical (unpaired) electrons. The fourth-order valence-electron chi connectivity index (χ4n) is 4.61. The number of nitriles is 1. The molecule has 0 aromatic heterocycles. The van der Waals surface area contributed by atoms with Gasteiger partial charge in [0.2, 0.25) is 5.91 Å². The molecule has 0 bridgehead atoms. The van der Waals surface area contributed by atoms with Gasteiger partial charge in [0, 0.05) is 44.8 Å². The predicted molar refractivity (Wildman–Crippen MR) is 113 cm³/mol. The van der Waals surface area contributed by atoms with Crippen LogP contribution in [0.25, 0.3) is 0 Å². The number of hydrogen-bond acceptors (Lipinski definition) is 5. The van der Waals surface area contributed by atoms with E-state index in [1.54, 1.807) is 0 Å². The van der Waals surface area contributed by atoms with Crippen LogP contribution in [-0.2, 0) is 11.3 Å². The van der Waals surface area contributed by atoms with Crippen LogP contribution in [-0.4, -0.2) is 78.5 Å². The minimum Gasteiger partial charge on any atom is -0.352 e. The Balaban J connectivity index is 1.17. The van der Waals surface area contributed by atoms with Crippen molar-refractivity contribution in [2.45, 2.75) is 50.7 Å². The third-order valence-electron chi connectivity index (χ3n) is 6.50. The highest BCUT2D eigenvalue weighted by molar-refractivity contribution is 5.78. The lowest BCUT2D eigenvalue weighted by Gasteiger charge is -2.32. The molecule has 29 heavy (non-hydrogen) atoms. The van der Waals surface area contributed by atoms with Crippen molar-refractivity contribution in [3.63, 3.8) is 0 Å². The van der Waals surface area contributed by atoms with Gasteiger partial charge in [-0.05, 0) is 62.9 Å². The van der Waals surface area contributed by atoms with E-state index in [-0.39, 0.29) is 5.91 Å². The van der Waals surface area contributed by atoms with E-state index in [9.17, 15) is 4.79 Å². The molecule has 6 heteroatoms. The summed E-state index contributed by atoms with van der Waals surface area (Å²) < 4.78 is 0. The second-order valence-electron chi connectivity index (χ2n) is 8.82. The van der Waals surface area contributed by atoms with Crippen LogP contribution in [0.4, 0.5) is 0 Å². The zero-order valence-corrected chi connectivity index (χ0v) is 17.4. The van der Waals surface area contributed by atoms with Gasteiger partial charge < -0.3 is 10.2 Å². The fraction of sp³-hybridized carbons (Fsp3) is 0.652. The van der Waals surface area contributed by atoms with Crippen molar-refractivity contribution < 1.29 is 4.79 Å². The third-order valence-corrected chi connectivity index (χ3v) is 6.50. The summed E-state index contributed by atoms with van der Waals surface area (Å²) in [5.41, 5.74) is 1.95. The van der Waals surface area contributed by atoms with Gasteiger partial charge in [-0.25, -0.2) is 0 Å². The van der Waals surface area contributed by atoms with Crippen LogP contribution < -0.4 is 5.32 Å². The first-order chi connectivity index (χ1) is 14.2. The van der Waals surface area contributed by atoms with Crippen LogP contribution in [0.5, 0.6) is 0 Å². The van der Waals surface area contributed by atoms with Gasteiger partial charge in [-0.3, -0.25) is 14.6 Å². The monoisotopic (exact) mass is 395 g/mol. The van der Waals surface area contributed by atoms with E-state index < -0.39 is 0 Å². The zero-order chi connectivity index (χ0) is 20.1. The van der Waals surface area contributed by atoms with Crippen molar-refractivity contribution in [3.05, 3.63) is 35.4 Å². The molecule has 6 nitrogen and oxygen atoms in total. The average molecular weight is 396 g/mol. The van der Waals surface area contributed by atoms with Gasteiger partial charge in [0.05, 0.1) is 18.2 Å². The first-order valence-electron chi connectivity index (χ1n) is 11.2. The number of piperidine rings is 1. The Morgan fingerprint density at radius 2 is 1.66 bits per heavy atom. The van der Waals surface area contributed by atoms with Crippen LogP contribution >= 0.6 is 0 Å². The number of carbonyl (C=O) groups excluding carboxylic acids is 1. The Kier molecular flexibility index (Phi) is 6.81. The quantitative estimate of drug-likeness (QED) is 0.796. The number of nitrogens with one attached hydrogen (secondary N) is 1. The molecule has 3 aliphatic rings. The van der Waals surface area contributed by atoms with Gasteiger partial charge in [0.15, 0.2) is 0 Å². The first kappa shape index (κ1) is 20.3. The lowest BCUT2D eigenvalue weighted by Crippen LogP contribution is -2.48. The number of carbonyl (C=O) groups is 1. The van der Waals surface area contributed by atoms with Crippen molar-refractivity contribution in [2.24, 2.45) is 0 Å². The van der Waals surface area contributed by atoms with Crippen LogP contribution in [0.2, 0.25) is 0 Å². The van der Waals surface area contributed by atoms with Gasteiger partial charge >= 0.3 is 0 Å². The lowest BCUT2D eigenvalue weighted by atomic mass is 10.0. The Morgan fingerprint density at radius 1 is 0.966 bits per heavy atom. The minimum absolute atomic E-state index is 0.190. The summed E-state index contributed by atoms with van der Waals surface area (Å²) in [5, 5.41) is 12.2. The molecule has 1 aliphatic carbocycles. The molecule has 2 saturated heterocycles. The van der Waals surface area contributed by atoms with E-state index in [1.807, 2.05) is 24.3 Å². The SMILES string of the molecule is N#Cc1ccc(CN2CCCN(CC(=O)NC3CCN(C4CC4)CC3)CC2)cc1. The molecule has 0 unspecified atom stereocenters. The maximum Gasteiger partial charge on any atom is 0.234 e. The standard InChI is InChI=1S/C23H33N5O/c24-16-19-2-4-20(5-3-19)17-26-10-1-11-27(15-14-26)18-23(29)25-21-8-12-28(13-9-21)22-6-7-22/h2-5,21-22H,1,6-15,17-18H2,(H,25,29). The molecule has 1 aromatic carbocycles. The largest absolute Gasteiger partial charge is 0.352 e. The molecular formula is C23H33N5O. The summed E-state index contributed by atoms with van der Waals surface area (Å²) in [5.74, 6) is 0.190. The lowest BCUT2D eigenvalue weighted by molar-refractivity contribution is -0.123. The predicted octanol–water partition coefficient (Wildman–Crippen LogP) is 1.81. The highest BCUT2D eigenvalue weighted by Crippen LogP contribution is 2.29. The summed E-state index contributed by atoms with van der Waals surface area (Å²) in [7, 11) is 0. The molecule has 156 valence electrons. The summed E-state index contributed by atoms with van der Waals surface area (Å²) >= 11 is 0.